The first-order valence-corrected chi connectivity index (χ1v) is 9.33. The predicted molar refractivity (Wildman–Crippen MR) is 111 cm³/mol. The lowest BCUT2D eigenvalue weighted by atomic mass is 9.85. The second-order valence-electron chi connectivity index (χ2n) is 6.66. The van der Waals surface area contributed by atoms with Gasteiger partial charge in [0, 0.05) is 11.5 Å². The number of benzene rings is 3. The zero-order chi connectivity index (χ0) is 21.5. The van der Waals surface area contributed by atoms with Crippen LogP contribution < -0.4 is 5.32 Å². The van der Waals surface area contributed by atoms with Crippen LogP contribution in [0.25, 0.3) is 0 Å². The first-order valence-electron chi connectivity index (χ1n) is 9.33. The fourth-order valence-electron chi connectivity index (χ4n) is 3.32. The molecule has 3 aromatic rings. The number of carboxylic acid groups (broad SMARTS) is 1. The van der Waals surface area contributed by atoms with E-state index in [9.17, 15) is 19.5 Å². The Bertz CT molecular complexity index is 994. The van der Waals surface area contributed by atoms with Gasteiger partial charge in [0.15, 0.2) is 0 Å². The molecule has 0 bridgehead atoms. The second-order valence-corrected chi connectivity index (χ2v) is 6.66. The number of methoxy groups -OCH3 is 1. The van der Waals surface area contributed by atoms with Crippen molar-refractivity contribution < 1.29 is 24.2 Å². The van der Waals surface area contributed by atoms with Crippen molar-refractivity contribution in [2.24, 2.45) is 0 Å². The molecule has 0 radical (unpaired) electrons. The highest BCUT2D eigenvalue weighted by Crippen LogP contribution is 2.28. The maximum atomic E-state index is 12.9. The Balaban J connectivity index is 1.96. The lowest BCUT2D eigenvalue weighted by molar-refractivity contribution is -0.139. The Morgan fingerprint density at radius 1 is 0.800 bits per heavy atom. The van der Waals surface area contributed by atoms with E-state index in [1.807, 2.05) is 60.7 Å². The van der Waals surface area contributed by atoms with Crippen LogP contribution in [0.15, 0.2) is 84.9 Å². The van der Waals surface area contributed by atoms with Gasteiger partial charge in [-0.25, -0.2) is 9.59 Å². The van der Waals surface area contributed by atoms with E-state index in [0.717, 1.165) is 11.1 Å². The highest BCUT2D eigenvalue weighted by Gasteiger charge is 2.32. The summed E-state index contributed by atoms with van der Waals surface area (Å²) in [4.78, 5) is 36.8. The number of ether oxygens (including phenoxy) is 1. The van der Waals surface area contributed by atoms with Crippen LogP contribution in [0.5, 0.6) is 0 Å². The summed E-state index contributed by atoms with van der Waals surface area (Å²) >= 11 is 0. The van der Waals surface area contributed by atoms with E-state index in [4.69, 9.17) is 0 Å². The third-order valence-electron chi connectivity index (χ3n) is 4.75. The van der Waals surface area contributed by atoms with Crippen molar-refractivity contribution in [3.05, 3.63) is 107 Å². The van der Waals surface area contributed by atoms with E-state index < -0.39 is 29.8 Å². The lowest BCUT2D eigenvalue weighted by Gasteiger charge is -2.26. The highest BCUT2D eigenvalue weighted by molar-refractivity contribution is 5.99. The first-order chi connectivity index (χ1) is 14.5. The van der Waals surface area contributed by atoms with Crippen molar-refractivity contribution in [1.82, 2.24) is 5.32 Å². The molecule has 3 rings (SSSR count). The molecule has 152 valence electrons. The van der Waals surface area contributed by atoms with Gasteiger partial charge in [-0.05, 0) is 29.3 Å². The van der Waals surface area contributed by atoms with Crippen LogP contribution in [-0.4, -0.2) is 36.1 Å². The molecule has 0 saturated carbocycles. The summed E-state index contributed by atoms with van der Waals surface area (Å²) in [5.41, 5.74) is 1.91. The van der Waals surface area contributed by atoms with Gasteiger partial charge in [0.05, 0.1) is 12.7 Å². The molecule has 0 aromatic heterocycles. The van der Waals surface area contributed by atoms with E-state index in [1.54, 1.807) is 6.07 Å². The molecule has 0 fully saturated rings. The molecule has 0 aliphatic rings. The molecule has 6 heteroatoms. The van der Waals surface area contributed by atoms with Gasteiger partial charge in [0.25, 0.3) is 5.91 Å². The molecule has 0 spiro atoms. The van der Waals surface area contributed by atoms with Crippen LogP contribution in [0, 0.1) is 0 Å². The van der Waals surface area contributed by atoms with Crippen molar-refractivity contribution in [3.63, 3.8) is 0 Å². The Kier molecular flexibility index (Phi) is 6.60. The number of rotatable bonds is 7. The van der Waals surface area contributed by atoms with E-state index in [-0.39, 0.29) is 11.1 Å². The van der Waals surface area contributed by atoms with Crippen LogP contribution in [0.1, 0.15) is 37.8 Å². The van der Waals surface area contributed by atoms with Gasteiger partial charge < -0.3 is 15.2 Å². The zero-order valence-electron chi connectivity index (χ0n) is 16.3. The van der Waals surface area contributed by atoms with Crippen LogP contribution in [0.3, 0.4) is 0 Å². The fraction of sp³-hybridized carbons (Fsp3) is 0.125. The normalized spacial score (nSPS) is 11.5. The molecule has 0 unspecified atom stereocenters. The lowest BCUT2D eigenvalue weighted by Crippen LogP contribution is -2.45. The monoisotopic (exact) mass is 403 g/mol. The Morgan fingerprint density at radius 2 is 1.33 bits per heavy atom. The number of carbonyl (C=O) groups is 3. The molecular formula is C24H21NO5. The van der Waals surface area contributed by atoms with E-state index in [2.05, 4.69) is 10.1 Å². The zero-order valence-corrected chi connectivity index (χ0v) is 16.3. The molecule has 30 heavy (non-hydrogen) atoms. The summed E-state index contributed by atoms with van der Waals surface area (Å²) < 4.78 is 4.68. The summed E-state index contributed by atoms with van der Waals surface area (Å²) in [7, 11) is 1.25. The van der Waals surface area contributed by atoms with Gasteiger partial charge in [0.2, 0.25) is 0 Å². The average molecular weight is 403 g/mol. The molecule has 3 aromatic carbocycles. The Morgan fingerprint density at radius 3 is 1.83 bits per heavy atom. The second kappa shape index (κ2) is 9.52. The minimum atomic E-state index is -1.22. The number of nitrogens with one attached hydrogen (secondary N) is 1. The summed E-state index contributed by atoms with van der Waals surface area (Å²) in [5.74, 6) is -2.93. The minimum absolute atomic E-state index is 0.170. The minimum Gasteiger partial charge on any atom is -0.480 e. The topological polar surface area (TPSA) is 92.7 Å². The van der Waals surface area contributed by atoms with Crippen molar-refractivity contribution in [2.75, 3.05) is 7.11 Å². The van der Waals surface area contributed by atoms with Crippen LogP contribution in [0.2, 0.25) is 0 Å². The number of hydrogen-bond acceptors (Lipinski definition) is 4. The molecule has 0 heterocycles. The third-order valence-corrected chi connectivity index (χ3v) is 4.75. The van der Waals surface area contributed by atoms with Gasteiger partial charge in [-0.2, -0.15) is 0 Å². The SMILES string of the molecule is COC(=O)c1cccc(C(=O)N[C@H](C(=O)O)C(c2ccccc2)c2ccccc2)c1. The number of esters is 1. The number of carboxylic acids is 1. The standard InChI is InChI=1S/C24H21NO5/c1-30-24(29)19-14-8-13-18(15-19)22(26)25-21(23(27)28)20(16-9-4-2-5-10-16)17-11-6-3-7-12-17/h2-15,20-21H,1H3,(H,25,26)(H,27,28)/t21-/m0/s1. The Labute approximate surface area is 174 Å². The number of amides is 1. The first kappa shape index (κ1) is 20.8. The van der Waals surface area contributed by atoms with Gasteiger partial charge in [-0.1, -0.05) is 66.7 Å². The maximum absolute atomic E-state index is 12.9. The smallest absolute Gasteiger partial charge is 0.337 e. The Hall–Kier alpha value is -3.93. The van der Waals surface area contributed by atoms with Gasteiger partial charge in [0.1, 0.15) is 6.04 Å². The molecular weight excluding hydrogens is 382 g/mol. The van der Waals surface area contributed by atoms with Crippen LogP contribution in [-0.2, 0) is 9.53 Å². The van der Waals surface area contributed by atoms with E-state index >= 15 is 0 Å². The largest absolute Gasteiger partial charge is 0.480 e. The summed E-state index contributed by atoms with van der Waals surface area (Å²) in [6.45, 7) is 0. The highest BCUT2D eigenvalue weighted by atomic mass is 16.5. The van der Waals surface area contributed by atoms with Crippen LogP contribution in [0.4, 0.5) is 0 Å². The fourth-order valence-corrected chi connectivity index (χ4v) is 3.32. The number of carbonyl (C=O) groups excluding carboxylic acids is 2. The molecule has 1 atom stereocenters. The van der Waals surface area contributed by atoms with Crippen LogP contribution >= 0.6 is 0 Å². The molecule has 0 aliphatic carbocycles. The maximum Gasteiger partial charge on any atom is 0.337 e. The third kappa shape index (κ3) is 4.72. The van der Waals surface area contributed by atoms with Crippen molar-refractivity contribution >= 4 is 17.8 Å². The number of aliphatic carboxylic acids is 1. The van der Waals surface area contributed by atoms with Gasteiger partial charge >= 0.3 is 11.9 Å². The van der Waals surface area contributed by atoms with Crippen molar-refractivity contribution in [1.29, 1.82) is 0 Å². The molecule has 2 N–H and O–H groups in total. The molecule has 0 aliphatic heterocycles. The molecule has 1 amide bonds. The van der Waals surface area contributed by atoms with Crippen molar-refractivity contribution in [3.8, 4) is 0 Å². The van der Waals surface area contributed by atoms with Gasteiger partial charge in [-0.3, -0.25) is 4.79 Å². The summed E-state index contributed by atoms with van der Waals surface area (Å²) in [5, 5.41) is 12.6. The van der Waals surface area contributed by atoms with Crippen molar-refractivity contribution in [2.45, 2.75) is 12.0 Å². The van der Waals surface area contributed by atoms with Gasteiger partial charge in [-0.15, -0.1) is 0 Å². The molecule has 6 nitrogen and oxygen atoms in total. The quantitative estimate of drug-likeness (QED) is 0.589. The molecule has 0 saturated heterocycles. The summed E-state index contributed by atoms with van der Waals surface area (Å²) in [6.07, 6.45) is 0. The predicted octanol–water partition coefficient (Wildman–Crippen LogP) is 3.49. The average Bonchev–Trinajstić information content (AvgIpc) is 2.79. The van der Waals surface area contributed by atoms with E-state index in [0.29, 0.717) is 0 Å². The summed E-state index contributed by atoms with van der Waals surface area (Å²) in [6, 6.07) is 23.1. The van der Waals surface area contributed by atoms with E-state index in [1.165, 1.54) is 25.3 Å². The number of hydrogen-bond donors (Lipinski definition) is 2.